The lowest BCUT2D eigenvalue weighted by molar-refractivity contribution is -0.264. The van der Waals surface area contributed by atoms with E-state index in [1.165, 1.54) is 32.1 Å². The van der Waals surface area contributed by atoms with Crippen LogP contribution in [-0.4, -0.2) is 17.5 Å². The fraction of sp³-hybridized carbons (Fsp3) is 0.950. The zero-order chi connectivity index (χ0) is 16.2. The molecule has 0 radical (unpaired) electrons. The standard InChI is InChI=1S/C20H34O2/c1-17(2)9-6-10-19(4)15(17)8-12-20(5)16(19)7-11-18(3,22-20)13-14-21/h14-16H,6-13H2,1-5H3/t15?,16?,18-,19+,20-/m1/s1. The fourth-order valence-electron chi connectivity index (χ4n) is 6.75. The molecule has 3 rings (SSSR count). The highest BCUT2D eigenvalue weighted by molar-refractivity contribution is 5.51. The fourth-order valence-corrected chi connectivity index (χ4v) is 6.75. The maximum absolute atomic E-state index is 11.0. The van der Waals surface area contributed by atoms with Crippen molar-refractivity contribution in [2.45, 2.75) is 97.2 Å². The van der Waals surface area contributed by atoms with Crippen molar-refractivity contribution < 1.29 is 9.53 Å². The van der Waals surface area contributed by atoms with Crippen LogP contribution in [0.25, 0.3) is 0 Å². The summed E-state index contributed by atoms with van der Waals surface area (Å²) in [6.45, 7) is 12.0. The molecule has 5 atom stereocenters. The van der Waals surface area contributed by atoms with Crippen LogP contribution in [0.4, 0.5) is 0 Å². The van der Waals surface area contributed by atoms with E-state index < -0.39 is 0 Å². The van der Waals surface area contributed by atoms with Crippen molar-refractivity contribution in [3.63, 3.8) is 0 Å². The third-order valence-corrected chi connectivity index (χ3v) is 7.70. The van der Waals surface area contributed by atoms with Crippen LogP contribution in [0.2, 0.25) is 0 Å². The quantitative estimate of drug-likeness (QED) is 0.660. The Morgan fingerprint density at radius 1 is 0.955 bits per heavy atom. The van der Waals surface area contributed by atoms with Crippen molar-refractivity contribution in [2.24, 2.45) is 22.7 Å². The minimum absolute atomic E-state index is 0.0331. The summed E-state index contributed by atoms with van der Waals surface area (Å²) in [5.74, 6) is 1.48. The SMILES string of the molecule is CC1(C)CCC[C@@]2(C)C1CC[C@@]1(C)O[C@@](C)(CC=O)CCC21. The van der Waals surface area contributed by atoms with Gasteiger partial charge in [-0.05, 0) is 75.0 Å². The second-order valence-electron chi connectivity index (χ2n) is 9.77. The number of rotatable bonds is 2. The number of carbonyl (C=O) groups excluding carboxylic acids is 1. The first-order valence-electron chi connectivity index (χ1n) is 9.29. The predicted molar refractivity (Wildman–Crippen MR) is 89.8 cm³/mol. The molecule has 2 heteroatoms. The van der Waals surface area contributed by atoms with Crippen LogP contribution < -0.4 is 0 Å². The van der Waals surface area contributed by atoms with E-state index in [1.807, 2.05) is 0 Å². The molecule has 2 unspecified atom stereocenters. The van der Waals surface area contributed by atoms with Crippen LogP contribution in [-0.2, 0) is 9.53 Å². The molecular weight excluding hydrogens is 272 g/mol. The Morgan fingerprint density at radius 2 is 1.64 bits per heavy atom. The largest absolute Gasteiger partial charge is 0.368 e. The van der Waals surface area contributed by atoms with E-state index in [-0.39, 0.29) is 11.2 Å². The molecule has 2 saturated carbocycles. The summed E-state index contributed by atoms with van der Waals surface area (Å²) in [6, 6.07) is 0. The molecule has 3 aliphatic rings. The van der Waals surface area contributed by atoms with Crippen molar-refractivity contribution in [1.29, 1.82) is 0 Å². The molecule has 22 heavy (non-hydrogen) atoms. The molecule has 1 saturated heterocycles. The van der Waals surface area contributed by atoms with E-state index in [9.17, 15) is 4.79 Å². The van der Waals surface area contributed by atoms with Gasteiger partial charge in [-0.1, -0.05) is 27.2 Å². The molecule has 3 fully saturated rings. The maximum atomic E-state index is 11.0. The first-order valence-corrected chi connectivity index (χ1v) is 9.29. The maximum Gasteiger partial charge on any atom is 0.122 e. The van der Waals surface area contributed by atoms with Gasteiger partial charge < -0.3 is 9.53 Å². The van der Waals surface area contributed by atoms with Crippen molar-refractivity contribution in [3.05, 3.63) is 0 Å². The van der Waals surface area contributed by atoms with Gasteiger partial charge in [0.15, 0.2) is 0 Å². The molecule has 0 aromatic heterocycles. The molecule has 2 nitrogen and oxygen atoms in total. The summed E-state index contributed by atoms with van der Waals surface area (Å²) >= 11 is 0. The number of carbonyl (C=O) groups is 1. The molecular formula is C20H34O2. The van der Waals surface area contributed by atoms with Crippen LogP contribution in [0.15, 0.2) is 0 Å². The summed E-state index contributed by atoms with van der Waals surface area (Å²) in [7, 11) is 0. The summed E-state index contributed by atoms with van der Waals surface area (Å²) < 4.78 is 6.66. The molecule has 0 N–H and O–H groups in total. The topological polar surface area (TPSA) is 26.3 Å². The summed E-state index contributed by atoms with van der Waals surface area (Å²) in [4.78, 5) is 11.0. The van der Waals surface area contributed by atoms with Gasteiger partial charge in [0.2, 0.25) is 0 Å². The van der Waals surface area contributed by atoms with E-state index in [0.717, 1.165) is 25.0 Å². The van der Waals surface area contributed by atoms with E-state index in [2.05, 4.69) is 34.6 Å². The molecule has 0 spiro atoms. The highest BCUT2D eigenvalue weighted by Crippen LogP contribution is 2.65. The smallest absolute Gasteiger partial charge is 0.122 e. The van der Waals surface area contributed by atoms with Gasteiger partial charge in [-0.2, -0.15) is 0 Å². The van der Waals surface area contributed by atoms with Crippen LogP contribution in [0.1, 0.15) is 86.0 Å². The second kappa shape index (κ2) is 5.06. The van der Waals surface area contributed by atoms with Gasteiger partial charge in [0.25, 0.3) is 0 Å². The number of hydrogen-bond acceptors (Lipinski definition) is 2. The monoisotopic (exact) mass is 306 g/mol. The van der Waals surface area contributed by atoms with Crippen molar-refractivity contribution >= 4 is 6.29 Å². The van der Waals surface area contributed by atoms with Crippen LogP contribution in [0.5, 0.6) is 0 Å². The molecule has 0 bridgehead atoms. The highest BCUT2D eigenvalue weighted by Gasteiger charge is 2.61. The number of hydrogen-bond donors (Lipinski definition) is 0. The lowest BCUT2D eigenvalue weighted by Gasteiger charge is -2.65. The highest BCUT2D eigenvalue weighted by atomic mass is 16.5. The molecule has 1 aliphatic heterocycles. The minimum Gasteiger partial charge on any atom is -0.368 e. The summed E-state index contributed by atoms with van der Waals surface area (Å²) in [5.41, 5.74) is 0.615. The Hall–Kier alpha value is -0.370. The first-order chi connectivity index (χ1) is 10.2. The molecule has 2 aliphatic carbocycles. The van der Waals surface area contributed by atoms with Crippen molar-refractivity contribution in [1.82, 2.24) is 0 Å². The molecule has 0 aromatic carbocycles. The first kappa shape index (κ1) is 16.5. The Morgan fingerprint density at radius 3 is 2.32 bits per heavy atom. The number of aldehydes is 1. The van der Waals surface area contributed by atoms with Gasteiger partial charge in [0, 0.05) is 6.42 Å². The van der Waals surface area contributed by atoms with Gasteiger partial charge in [0.05, 0.1) is 11.2 Å². The predicted octanol–water partition coefficient (Wildman–Crippen LogP) is 5.15. The average Bonchev–Trinajstić information content (AvgIpc) is 2.36. The number of ether oxygens (including phenoxy) is 1. The van der Waals surface area contributed by atoms with Crippen molar-refractivity contribution in [2.75, 3.05) is 0 Å². The number of fused-ring (bicyclic) bond motifs is 3. The molecule has 0 aromatic rings. The van der Waals surface area contributed by atoms with E-state index >= 15 is 0 Å². The van der Waals surface area contributed by atoms with E-state index in [0.29, 0.717) is 23.2 Å². The van der Waals surface area contributed by atoms with E-state index in [1.54, 1.807) is 0 Å². The van der Waals surface area contributed by atoms with Crippen LogP contribution in [0, 0.1) is 22.7 Å². The molecule has 0 amide bonds. The zero-order valence-corrected chi connectivity index (χ0v) is 15.2. The van der Waals surface area contributed by atoms with Gasteiger partial charge in [-0.25, -0.2) is 0 Å². The zero-order valence-electron chi connectivity index (χ0n) is 15.2. The summed E-state index contributed by atoms with van der Waals surface area (Å²) in [6.07, 6.45) is 10.4. The van der Waals surface area contributed by atoms with Crippen LogP contribution >= 0.6 is 0 Å². The third-order valence-electron chi connectivity index (χ3n) is 7.70. The van der Waals surface area contributed by atoms with Crippen LogP contribution in [0.3, 0.4) is 0 Å². The van der Waals surface area contributed by atoms with E-state index in [4.69, 9.17) is 4.74 Å². The van der Waals surface area contributed by atoms with Crippen molar-refractivity contribution in [3.8, 4) is 0 Å². The van der Waals surface area contributed by atoms with Gasteiger partial charge >= 0.3 is 0 Å². The van der Waals surface area contributed by atoms with Gasteiger partial charge in [-0.3, -0.25) is 0 Å². The Bertz CT molecular complexity index is 457. The lowest BCUT2D eigenvalue weighted by atomic mass is 9.44. The average molecular weight is 306 g/mol. The van der Waals surface area contributed by atoms with Gasteiger partial charge in [0.1, 0.15) is 6.29 Å². The Balaban J connectivity index is 1.90. The van der Waals surface area contributed by atoms with Gasteiger partial charge in [-0.15, -0.1) is 0 Å². The molecule has 126 valence electrons. The Kier molecular flexibility index (Phi) is 3.79. The Labute approximate surface area is 136 Å². The molecule has 1 heterocycles. The summed E-state index contributed by atoms with van der Waals surface area (Å²) in [5, 5.41) is 0. The minimum atomic E-state index is -0.236. The third kappa shape index (κ3) is 2.37. The normalized spacial score (nSPS) is 50.8. The lowest BCUT2D eigenvalue weighted by Crippen LogP contribution is -2.62. The second-order valence-corrected chi connectivity index (χ2v) is 9.77.